The van der Waals surface area contributed by atoms with Gasteiger partial charge in [0.1, 0.15) is 17.1 Å². The normalized spacial score (nSPS) is 10.9. The smallest absolute Gasteiger partial charge is 0.134 e. The number of hydrogen-bond donors (Lipinski definition) is 1. The minimum absolute atomic E-state index is 0.432. The first-order valence-corrected chi connectivity index (χ1v) is 6.70. The summed E-state index contributed by atoms with van der Waals surface area (Å²) in [4.78, 5) is 7.48. The van der Waals surface area contributed by atoms with Gasteiger partial charge in [0.15, 0.2) is 0 Å². The highest BCUT2D eigenvalue weighted by molar-refractivity contribution is 7.71. The summed E-state index contributed by atoms with van der Waals surface area (Å²) < 4.78 is 5.66. The fourth-order valence-corrected chi connectivity index (χ4v) is 2.14. The van der Waals surface area contributed by atoms with Crippen LogP contribution in [0.5, 0.6) is 0 Å². The predicted molar refractivity (Wildman–Crippen MR) is 79.7 cm³/mol. The van der Waals surface area contributed by atoms with Gasteiger partial charge in [-0.05, 0) is 23.1 Å². The molecule has 1 aromatic heterocycles. The molecular formula is C15H18N2OS. The van der Waals surface area contributed by atoms with Crippen LogP contribution in [0.4, 0.5) is 0 Å². The van der Waals surface area contributed by atoms with Crippen LogP contribution in [0.2, 0.25) is 0 Å². The molecule has 1 N–H and O–H groups in total. The largest absolute Gasteiger partial charge is 0.377 e. The summed E-state index contributed by atoms with van der Waals surface area (Å²) in [7, 11) is 1.64. The molecule has 4 heteroatoms. The van der Waals surface area contributed by atoms with Crippen molar-refractivity contribution < 1.29 is 4.74 Å². The molecule has 1 heterocycles. The quantitative estimate of drug-likeness (QED) is 0.854. The lowest BCUT2D eigenvalue weighted by molar-refractivity contribution is 0.177. The summed E-state index contributed by atoms with van der Waals surface area (Å²) >= 11 is 5.18. The van der Waals surface area contributed by atoms with E-state index in [9.17, 15) is 0 Å². The number of H-pyrrole nitrogens is 1. The van der Waals surface area contributed by atoms with Crippen LogP contribution in [0.3, 0.4) is 0 Å². The highest BCUT2D eigenvalue weighted by Crippen LogP contribution is 2.21. The Morgan fingerprint density at radius 2 is 1.95 bits per heavy atom. The zero-order chi connectivity index (χ0) is 13.8. The lowest BCUT2D eigenvalue weighted by Crippen LogP contribution is -1.99. The first-order valence-electron chi connectivity index (χ1n) is 6.29. The van der Waals surface area contributed by atoms with E-state index in [0.717, 1.165) is 17.1 Å². The first kappa shape index (κ1) is 13.9. The van der Waals surface area contributed by atoms with E-state index < -0.39 is 0 Å². The molecule has 0 spiro atoms. The maximum absolute atomic E-state index is 5.18. The van der Waals surface area contributed by atoms with Gasteiger partial charge in [-0.1, -0.05) is 50.3 Å². The molecule has 0 aliphatic heterocycles. The Balaban J connectivity index is 2.38. The Morgan fingerprint density at radius 3 is 2.53 bits per heavy atom. The van der Waals surface area contributed by atoms with Crippen molar-refractivity contribution in [2.75, 3.05) is 7.11 Å². The van der Waals surface area contributed by atoms with Gasteiger partial charge in [-0.25, -0.2) is 4.98 Å². The highest BCUT2D eigenvalue weighted by atomic mass is 32.1. The molecule has 0 saturated heterocycles. The summed E-state index contributed by atoms with van der Waals surface area (Å²) in [5.41, 5.74) is 3.41. The number of hydrogen-bond acceptors (Lipinski definition) is 3. The average Bonchev–Trinajstić information content (AvgIpc) is 2.38. The van der Waals surface area contributed by atoms with E-state index >= 15 is 0 Å². The minimum atomic E-state index is 0.432. The summed E-state index contributed by atoms with van der Waals surface area (Å²) in [5.74, 6) is 1.28. The van der Waals surface area contributed by atoms with Crippen molar-refractivity contribution in [3.63, 3.8) is 0 Å². The van der Waals surface area contributed by atoms with Crippen molar-refractivity contribution in [2.45, 2.75) is 26.4 Å². The molecule has 2 aromatic rings. The van der Waals surface area contributed by atoms with Gasteiger partial charge >= 0.3 is 0 Å². The molecule has 19 heavy (non-hydrogen) atoms. The van der Waals surface area contributed by atoms with Crippen molar-refractivity contribution >= 4 is 12.2 Å². The Kier molecular flexibility index (Phi) is 4.45. The van der Waals surface area contributed by atoms with Crippen LogP contribution < -0.4 is 0 Å². The number of ether oxygens (including phenoxy) is 1. The number of aromatic amines is 1. The van der Waals surface area contributed by atoms with E-state index in [4.69, 9.17) is 17.0 Å². The maximum Gasteiger partial charge on any atom is 0.134 e. The number of methoxy groups -OCH3 is 1. The number of nitrogens with zero attached hydrogens (tertiary/aromatic N) is 1. The van der Waals surface area contributed by atoms with Crippen molar-refractivity contribution in [3.8, 4) is 11.3 Å². The standard InChI is InChI=1S/C15H18N2OS/c1-10(2)11-4-6-12(7-5-11)13-8-15(19)17-14(16-13)9-18-3/h4-8,10H,9H2,1-3H3,(H,16,17,19). The summed E-state index contributed by atoms with van der Waals surface area (Å²) in [6.07, 6.45) is 0. The summed E-state index contributed by atoms with van der Waals surface area (Å²) in [5, 5.41) is 0. The first-order chi connectivity index (χ1) is 9.10. The van der Waals surface area contributed by atoms with E-state index in [1.54, 1.807) is 7.11 Å². The zero-order valence-electron chi connectivity index (χ0n) is 11.4. The summed E-state index contributed by atoms with van der Waals surface area (Å²) in [6, 6.07) is 10.4. The van der Waals surface area contributed by atoms with Gasteiger partial charge < -0.3 is 9.72 Å². The van der Waals surface area contributed by atoms with Crippen LogP contribution in [0, 0.1) is 4.64 Å². The van der Waals surface area contributed by atoms with Gasteiger partial charge in [0.25, 0.3) is 0 Å². The Labute approximate surface area is 118 Å². The molecule has 0 saturated carbocycles. The number of benzene rings is 1. The van der Waals surface area contributed by atoms with Crippen molar-refractivity contribution in [1.29, 1.82) is 0 Å². The fourth-order valence-electron chi connectivity index (χ4n) is 1.92. The van der Waals surface area contributed by atoms with Gasteiger partial charge in [-0.3, -0.25) is 0 Å². The van der Waals surface area contributed by atoms with Crippen molar-refractivity contribution in [3.05, 3.63) is 46.4 Å². The lowest BCUT2D eigenvalue weighted by atomic mass is 10.0. The van der Waals surface area contributed by atoms with Gasteiger partial charge in [0.05, 0.1) is 0 Å². The van der Waals surface area contributed by atoms with Gasteiger partial charge in [-0.2, -0.15) is 0 Å². The average molecular weight is 274 g/mol. The van der Waals surface area contributed by atoms with Crippen LogP contribution in [0.1, 0.15) is 31.2 Å². The van der Waals surface area contributed by atoms with Crippen molar-refractivity contribution in [1.82, 2.24) is 9.97 Å². The van der Waals surface area contributed by atoms with Crippen molar-refractivity contribution in [2.24, 2.45) is 0 Å². The molecule has 0 radical (unpaired) electrons. The van der Waals surface area contributed by atoms with Gasteiger partial charge in [0.2, 0.25) is 0 Å². The van der Waals surface area contributed by atoms with E-state index in [-0.39, 0.29) is 0 Å². The molecule has 0 amide bonds. The van der Waals surface area contributed by atoms with Crippen LogP contribution in [-0.2, 0) is 11.3 Å². The zero-order valence-corrected chi connectivity index (χ0v) is 12.3. The molecule has 0 fully saturated rings. The topological polar surface area (TPSA) is 37.9 Å². The second kappa shape index (κ2) is 6.08. The molecule has 3 nitrogen and oxygen atoms in total. The van der Waals surface area contributed by atoms with Gasteiger partial charge in [0, 0.05) is 12.8 Å². The molecule has 100 valence electrons. The molecular weight excluding hydrogens is 256 g/mol. The Hall–Kier alpha value is -1.52. The minimum Gasteiger partial charge on any atom is -0.377 e. The van der Waals surface area contributed by atoms with Crippen LogP contribution in [0.25, 0.3) is 11.3 Å². The monoisotopic (exact) mass is 274 g/mol. The van der Waals surface area contributed by atoms with Crippen LogP contribution in [0.15, 0.2) is 30.3 Å². The third kappa shape index (κ3) is 3.49. The SMILES string of the molecule is COCc1nc(=S)cc(-c2ccc(C(C)C)cc2)[nH]1. The number of aromatic nitrogens is 2. The molecule has 1 aromatic carbocycles. The number of rotatable bonds is 4. The van der Waals surface area contributed by atoms with E-state index in [1.807, 2.05) is 6.07 Å². The van der Waals surface area contributed by atoms with Gasteiger partial charge in [-0.15, -0.1) is 0 Å². The summed E-state index contributed by atoms with van der Waals surface area (Å²) in [6.45, 7) is 4.80. The van der Waals surface area contributed by atoms with E-state index in [1.165, 1.54) is 5.56 Å². The Bertz CT molecular complexity index is 602. The second-order valence-electron chi connectivity index (χ2n) is 4.79. The van der Waals surface area contributed by atoms with E-state index in [0.29, 0.717) is 17.2 Å². The second-order valence-corrected chi connectivity index (χ2v) is 5.21. The highest BCUT2D eigenvalue weighted by Gasteiger charge is 2.03. The third-order valence-electron chi connectivity index (χ3n) is 2.96. The lowest BCUT2D eigenvalue weighted by Gasteiger charge is -2.08. The number of nitrogens with one attached hydrogen (secondary N) is 1. The van der Waals surface area contributed by atoms with Crippen LogP contribution >= 0.6 is 12.2 Å². The third-order valence-corrected chi connectivity index (χ3v) is 3.17. The molecule has 0 atom stereocenters. The molecule has 0 bridgehead atoms. The predicted octanol–water partition coefficient (Wildman–Crippen LogP) is 4.08. The maximum atomic E-state index is 5.18. The fraction of sp³-hybridized carbons (Fsp3) is 0.333. The van der Waals surface area contributed by atoms with E-state index in [2.05, 4.69) is 48.1 Å². The molecule has 0 unspecified atom stereocenters. The molecule has 0 aliphatic carbocycles. The van der Waals surface area contributed by atoms with Crippen LogP contribution in [-0.4, -0.2) is 17.1 Å². The molecule has 0 aliphatic rings. The molecule has 2 rings (SSSR count). The Morgan fingerprint density at radius 1 is 1.26 bits per heavy atom.